The van der Waals surface area contributed by atoms with E-state index in [9.17, 15) is 9.18 Å². The SMILES string of the molecule is O=C(Nc1ccc(Cl)cc1)ONC1=Nc2ccc(Cl)cc2C(c2ccccc2F)=NC1. The van der Waals surface area contributed by atoms with Gasteiger partial charge in [-0.3, -0.25) is 10.3 Å². The van der Waals surface area contributed by atoms with Gasteiger partial charge in [0.15, 0.2) is 5.84 Å². The number of benzene rings is 3. The molecule has 0 fully saturated rings. The number of amides is 1. The van der Waals surface area contributed by atoms with Crippen LogP contribution in [-0.2, 0) is 4.84 Å². The normalized spacial score (nSPS) is 12.7. The Hall–Kier alpha value is -3.42. The van der Waals surface area contributed by atoms with Crippen LogP contribution in [0.25, 0.3) is 0 Å². The topological polar surface area (TPSA) is 75.1 Å². The van der Waals surface area contributed by atoms with Gasteiger partial charge in [-0.25, -0.2) is 19.7 Å². The van der Waals surface area contributed by atoms with Crippen LogP contribution >= 0.6 is 23.2 Å². The van der Waals surface area contributed by atoms with Gasteiger partial charge >= 0.3 is 6.09 Å². The Kier molecular flexibility index (Phi) is 6.16. The number of halogens is 3. The zero-order chi connectivity index (χ0) is 21.8. The molecule has 6 nitrogen and oxygen atoms in total. The van der Waals surface area contributed by atoms with Gasteiger partial charge in [0.25, 0.3) is 0 Å². The Balaban J connectivity index is 1.55. The maximum Gasteiger partial charge on any atom is 0.435 e. The highest BCUT2D eigenvalue weighted by Crippen LogP contribution is 2.29. The van der Waals surface area contributed by atoms with Crippen molar-refractivity contribution in [1.29, 1.82) is 0 Å². The van der Waals surface area contributed by atoms with Crippen LogP contribution in [0.2, 0.25) is 10.0 Å². The molecule has 0 unspecified atom stereocenters. The summed E-state index contributed by atoms with van der Waals surface area (Å²) in [6.45, 7) is 0.0319. The van der Waals surface area contributed by atoms with E-state index >= 15 is 0 Å². The van der Waals surface area contributed by atoms with Gasteiger partial charge < -0.3 is 4.84 Å². The number of carbonyl (C=O) groups is 1. The third-order valence-corrected chi connectivity index (χ3v) is 4.82. The van der Waals surface area contributed by atoms with Gasteiger partial charge in [0.05, 0.1) is 11.4 Å². The molecular formula is C22H15Cl2FN4O2. The first kappa shape index (κ1) is 20.8. The standard InChI is InChI=1S/C22H15Cl2FN4O2/c23-13-5-8-15(9-6-13)27-22(30)31-29-20-12-26-21(16-3-1-2-4-18(16)25)17-11-14(24)7-10-19(17)28-20/h1-11H,12H2,(H,27,30)(H,28,29). The molecule has 2 N–H and O–H groups in total. The van der Waals surface area contributed by atoms with Gasteiger partial charge in [0, 0.05) is 26.9 Å². The van der Waals surface area contributed by atoms with E-state index in [0.717, 1.165) is 0 Å². The first-order chi connectivity index (χ1) is 15.0. The van der Waals surface area contributed by atoms with Gasteiger partial charge in [0.2, 0.25) is 0 Å². The van der Waals surface area contributed by atoms with Crippen LogP contribution in [0.5, 0.6) is 0 Å². The lowest BCUT2D eigenvalue weighted by Gasteiger charge is -2.09. The van der Waals surface area contributed by atoms with E-state index in [4.69, 9.17) is 28.0 Å². The molecule has 0 bridgehead atoms. The van der Waals surface area contributed by atoms with E-state index in [-0.39, 0.29) is 12.4 Å². The maximum atomic E-state index is 14.4. The van der Waals surface area contributed by atoms with Crippen LogP contribution < -0.4 is 10.8 Å². The Labute approximate surface area is 187 Å². The van der Waals surface area contributed by atoms with E-state index in [2.05, 4.69) is 20.8 Å². The fraction of sp³-hybridized carbons (Fsp3) is 0.0455. The summed E-state index contributed by atoms with van der Waals surface area (Å²) < 4.78 is 14.4. The first-order valence-electron chi connectivity index (χ1n) is 9.16. The average molecular weight is 457 g/mol. The van der Waals surface area contributed by atoms with Crippen molar-refractivity contribution >= 4 is 52.2 Å². The Morgan fingerprint density at radius 3 is 2.48 bits per heavy atom. The second-order valence-electron chi connectivity index (χ2n) is 6.49. The lowest BCUT2D eigenvalue weighted by Crippen LogP contribution is -2.31. The number of hydroxylamine groups is 1. The minimum Gasteiger partial charge on any atom is -0.323 e. The van der Waals surface area contributed by atoms with Gasteiger partial charge in [-0.1, -0.05) is 35.3 Å². The summed E-state index contributed by atoms with van der Waals surface area (Å²) in [7, 11) is 0. The minimum atomic E-state index is -0.746. The number of rotatable bonds is 2. The van der Waals surface area contributed by atoms with Crippen LogP contribution in [-0.4, -0.2) is 24.2 Å². The highest BCUT2D eigenvalue weighted by atomic mass is 35.5. The Bertz CT molecular complexity index is 1200. The van der Waals surface area contributed by atoms with Crippen molar-refractivity contribution in [2.75, 3.05) is 11.9 Å². The maximum absolute atomic E-state index is 14.4. The van der Waals surface area contributed by atoms with Crippen molar-refractivity contribution in [2.24, 2.45) is 9.98 Å². The highest BCUT2D eigenvalue weighted by Gasteiger charge is 2.19. The number of hydrogen-bond donors (Lipinski definition) is 2. The summed E-state index contributed by atoms with van der Waals surface area (Å²) >= 11 is 12.0. The number of nitrogens with one attached hydrogen (secondary N) is 2. The molecular weight excluding hydrogens is 442 g/mol. The predicted molar refractivity (Wildman–Crippen MR) is 120 cm³/mol. The Morgan fingerprint density at radius 1 is 0.968 bits per heavy atom. The van der Waals surface area contributed by atoms with Crippen LogP contribution in [0.15, 0.2) is 76.7 Å². The van der Waals surface area contributed by atoms with Crippen molar-refractivity contribution in [3.05, 3.63) is 93.7 Å². The van der Waals surface area contributed by atoms with Gasteiger partial charge in [-0.2, -0.15) is 0 Å². The van der Waals surface area contributed by atoms with Crippen molar-refractivity contribution in [1.82, 2.24) is 5.48 Å². The smallest absolute Gasteiger partial charge is 0.323 e. The van der Waals surface area contributed by atoms with Crippen LogP contribution in [0.4, 0.5) is 20.6 Å². The van der Waals surface area contributed by atoms with Gasteiger partial charge in [-0.15, -0.1) is 0 Å². The zero-order valence-electron chi connectivity index (χ0n) is 15.9. The third-order valence-electron chi connectivity index (χ3n) is 4.34. The molecule has 1 amide bonds. The zero-order valence-corrected chi connectivity index (χ0v) is 17.4. The molecule has 1 heterocycles. The molecule has 1 aliphatic heterocycles. The lowest BCUT2D eigenvalue weighted by molar-refractivity contribution is 0.134. The molecule has 4 rings (SSSR count). The summed E-state index contributed by atoms with van der Waals surface area (Å²) in [5.74, 6) is -0.150. The second kappa shape index (κ2) is 9.16. The number of hydrogen-bond acceptors (Lipinski definition) is 5. The molecule has 0 aromatic heterocycles. The summed E-state index contributed by atoms with van der Waals surface area (Å²) in [6, 6.07) is 17.9. The third kappa shape index (κ3) is 5.02. The molecule has 1 aliphatic rings. The number of anilines is 1. The Morgan fingerprint density at radius 2 is 1.71 bits per heavy atom. The summed E-state index contributed by atoms with van der Waals surface area (Å²) in [5, 5.41) is 3.57. The monoisotopic (exact) mass is 456 g/mol. The number of aliphatic imine (C=N–C) groups is 2. The first-order valence-corrected chi connectivity index (χ1v) is 9.91. The van der Waals surface area contributed by atoms with Crippen molar-refractivity contribution in [3.63, 3.8) is 0 Å². The van der Waals surface area contributed by atoms with Crippen molar-refractivity contribution in [3.8, 4) is 0 Å². The molecule has 3 aromatic rings. The van der Waals surface area contributed by atoms with Crippen molar-refractivity contribution < 1.29 is 14.0 Å². The predicted octanol–water partition coefficient (Wildman–Crippen LogP) is 5.77. The molecule has 31 heavy (non-hydrogen) atoms. The van der Waals surface area contributed by atoms with E-state index in [1.54, 1.807) is 60.7 Å². The highest BCUT2D eigenvalue weighted by molar-refractivity contribution is 6.31. The van der Waals surface area contributed by atoms with Gasteiger partial charge in [-0.05, 0) is 54.6 Å². The second-order valence-corrected chi connectivity index (χ2v) is 7.36. The molecule has 0 atom stereocenters. The van der Waals surface area contributed by atoms with Crippen LogP contribution in [0, 0.1) is 5.82 Å². The molecule has 0 saturated carbocycles. The largest absolute Gasteiger partial charge is 0.435 e. The molecule has 0 aliphatic carbocycles. The number of carbonyl (C=O) groups excluding carboxylic acids is 1. The number of nitrogens with zero attached hydrogens (tertiary/aromatic N) is 2. The molecule has 156 valence electrons. The molecule has 9 heteroatoms. The van der Waals surface area contributed by atoms with Crippen molar-refractivity contribution in [2.45, 2.75) is 0 Å². The van der Waals surface area contributed by atoms with E-state index in [1.807, 2.05) is 0 Å². The van der Waals surface area contributed by atoms with Crippen LogP contribution in [0.1, 0.15) is 11.1 Å². The fourth-order valence-corrected chi connectivity index (χ4v) is 3.23. The fourth-order valence-electron chi connectivity index (χ4n) is 2.94. The minimum absolute atomic E-state index is 0.0319. The average Bonchev–Trinajstić information content (AvgIpc) is 2.93. The van der Waals surface area contributed by atoms with Gasteiger partial charge in [0.1, 0.15) is 12.4 Å². The summed E-state index contributed by atoms with van der Waals surface area (Å²) in [4.78, 5) is 26.1. The molecule has 3 aromatic carbocycles. The molecule has 0 saturated heterocycles. The molecule has 0 spiro atoms. The van der Waals surface area contributed by atoms with E-state index in [1.165, 1.54) is 6.07 Å². The van der Waals surface area contributed by atoms with Crippen LogP contribution in [0.3, 0.4) is 0 Å². The molecule has 0 radical (unpaired) electrons. The summed E-state index contributed by atoms with van der Waals surface area (Å²) in [6.07, 6.45) is -0.746. The quantitative estimate of drug-likeness (QED) is 0.480. The lowest BCUT2D eigenvalue weighted by atomic mass is 10.0. The van der Waals surface area contributed by atoms with E-state index in [0.29, 0.717) is 38.3 Å². The summed E-state index contributed by atoms with van der Waals surface area (Å²) in [5.41, 5.74) is 4.83. The van der Waals surface area contributed by atoms with E-state index < -0.39 is 11.9 Å². The number of fused-ring (bicyclic) bond motifs is 1. The number of amidine groups is 1.